The van der Waals surface area contributed by atoms with Crippen LogP contribution in [0, 0.1) is 0 Å². The van der Waals surface area contributed by atoms with E-state index >= 15 is 0 Å². The van der Waals surface area contributed by atoms with Gasteiger partial charge < -0.3 is 10.6 Å². The molecule has 146 valence electrons. The third-order valence-corrected chi connectivity index (χ3v) is 3.87. The van der Waals surface area contributed by atoms with Gasteiger partial charge in [-0.1, -0.05) is 24.8 Å². The molecule has 2 atom stereocenters. The molecule has 2 heterocycles. The van der Waals surface area contributed by atoms with Gasteiger partial charge in [0.05, 0.1) is 6.17 Å². The highest BCUT2D eigenvalue weighted by Gasteiger charge is 2.45. The summed E-state index contributed by atoms with van der Waals surface area (Å²) in [5, 5.41) is 7.91. The fourth-order valence-corrected chi connectivity index (χ4v) is 2.67. The number of hydrogen-bond donors (Lipinski definition) is 3. The molecule has 2 rings (SSSR count). The second-order valence-corrected chi connectivity index (χ2v) is 6.20. The van der Waals surface area contributed by atoms with Crippen molar-refractivity contribution < 1.29 is 17.6 Å². The number of nitrogens with zero attached hydrogens (tertiary/aromatic N) is 1. The smallest absolute Gasteiger partial charge is 0.370 e. The first kappa shape index (κ1) is 20.7. The fourth-order valence-electron chi connectivity index (χ4n) is 2.67. The van der Waals surface area contributed by atoms with Crippen molar-refractivity contribution >= 4 is 5.84 Å². The topological polar surface area (TPSA) is 48.5 Å². The van der Waals surface area contributed by atoms with Crippen LogP contribution in [0.4, 0.5) is 17.6 Å². The van der Waals surface area contributed by atoms with Gasteiger partial charge in [0.1, 0.15) is 17.7 Å². The molecule has 0 aromatic rings. The molecule has 0 bridgehead atoms. The number of allylic oxidation sites excluding steroid dienone is 7. The first-order valence-corrected chi connectivity index (χ1v) is 8.30. The van der Waals surface area contributed by atoms with Gasteiger partial charge in [-0.3, -0.25) is 5.32 Å². The molecule has 2 aliphatic heterocycles. The second kappa shape index (κ2) is 8.39. The van der Waals surface area contributed by atoms with Crippen LogP contribution in [0.3, 0.4) is 0 Å². The van der Waals surface area contributed by atoms with Crippen LogP contribution in [-0.2, 0) is 0 Å². The molecule has 0 amide bonds. The molecule has 0 aliphatic carbocycles. The highest BCUT2D eigenvalue weighted by Crippen LogP contribution is 2.29. The van der Waals surface area contributed by atoms with Crippen LogP contribution in [-0.4, -0.2) is 24.2 Å². The zero-order valence-electron chi connectivity index (χ0n) is 15.3. The van der Waals surface area contributed by atoms with Crippen molar-refractivity contribution in [3.63, 3.8) is 0 Å². The number of nitrogens with one attached hydrogen (secondary N) is 3. The van der Waals surface area contributed by atoms with E-state index in [4.69, 9.17) is 0 Å². The molecule has 2 aliphatic rings. The maximum atomic E-state index is 13.9. The van der Waals surface area contributed by atoms with Gasteiger partial charge in [0.15, 0.2) is 0 Å². The third kappa shape index (κ3) is 5.43. The summed E-state index contributed by atoms with van der Waals surface area (Å²) in [6.45, 7) is 8.68. The Labute approximate surface area is 155 Å². The zero-order chi connectivity index (χ0) is 20.2. The van der Waals surface area contributed by atoms with Crippen LogP contribution < -0.4 is 16.0 Å². The van der Waals surface area contributed by atoms with Gasteiger partial charge >= 0.3 is 6.18 Å². The summed E-state index contributed by atoms with van der Waals surface area (Å²) >= 11 is 0. The summed E-state index contributed by atoms with van der Waals surface area (Å²) in [6, 6.07) is -2.05. The van der Waals surface area contributed by atoms with Crippen LogP contribution in [0.2, 0.25) is 0 Å². The van der Waals surface area contributed by atoms with E-state index in [-0.39, 0.29) is 11.4 Å². The monoisotopic (exact) mass is 382 g/mol. The summed E-state index contributed by atoms with van der Waals surface area (Å²) in [6.07, 6.45) is 2.82. The highest BCUT2D eigenvalue weighted by molar-refractivity contribution is 6.02. The minimum Gasteiger partial charge on any atom is -0.370 e. The van der Waals surface area contributed by atoms with Gasteiger partial charge in [0.25, 0.3) is 0 Å². The molecular formula is C19H22F4N4. The lowest BCUT2D eigenvalue weighted by Crippen LogP contribution is -2.55. The Morgan fingerprint density at radius 2 is 2.04 bits per heavy atom. The minimum atomic E-state index is -4.62. The zero-order valence-corrected chi connectivity index (χ0v) is 15.3. The Bertz CT molecular complexity index is 782. The molecule has 0 aromatic heterocycles. The molecule has 3 N–H and O–H groups in total. The quantitative estimate of drug-likeness (QED) is 0.495. The van der Waals surface area contributed by atoms with Crippen LogP contribution in [0.25, 0.3) is 0 Å². The van der Waals surface area contributed by atoms with Crippen molar-refractivity contribution in [2.24, 2.45) is 4.99 Å². The van der Waals surface area contributed by atoms with E-state index in [0.717, 1.165) is 6.20 Å². The number of halogens is 4. The maximum absolute atomic E-state index is 13.9. The number of dihydropyridines is 1. The van der Waals surface area contributed by atoms with E-state index in [2.05, 4.69) is 27.5 Å². The third-order valence-electron chi connectivity index (χ3n) is 3.87. The van der Waals surface area contributed by atoms with Crippen molar-refractivity contribution in [2.45, 2.75) is 39.2 Å². The van der Waals surface area contributed by atoms with Gasteiger partial charge in [0, 0.05) is 23.2 Å². The standard InChI is InChI=1S/C19H22F4N4/c1-5-6-7-15(18-25-12(3)9-13(4)26-18)16(19(21,22)23)27-17-11(2)8-14(20)10-24-17/h5-10,16-17,24,27H,3H2,1-2,4H3,(H,25,26)/b6-5-,15-7-. The van der Waals surface area contributed by atoms with E-state index in [1.54, 1.807) is 32.9 Å². The molecule has 0 saturated carbocycles. The van der Waals surface area contributed by atoms with Gasteiger partial charge in [0.2, 0.25) is 0 Å². The Balaban J connectivity index is 2.43. The molecule has 0 spiro atoms. The van der Waals surface area contributed by atoms with Gasteiger partial charge in [-0.05, 0) is 38.5 Å². The van der Waals surface area contributed by atoms with Crippen LogP contribution in [0.5, 0.6) is 0 Å². The van der Waals surface area contributed by atoms with Gasteiger partial charge in [-0.25, -0.2) is 9.38 Å². The van der Waals surface area contributed by atoms with Gasteiger partial charge in [-0.15, -0.1) is 0 Å². The molecule has 4 nitrogen and oxygen atoms in total. The van der Waals surface area contributed by atoms with Crippen molar-refractivity contribution in [1.29, 1.82) is 0 Å². The van der Waals surface area contributed by atoms with Crippen LogP contribution in [0.1, 0.15) is 20.8 Å². The Hall–Kier alpha value is -2.61. The predicted molar refractivity (Wildman–Crippen MR) is 99.2 cm³/mol. The lowest BCUT2D eigenvalue weighted by Gasteiger charge is -2.32. The van der Waals surface area contributed by atoms with E-state index in [0.29, 0.717) is 17.0 Å². The summed E-state index contributed by atoms with van der Waals surface area (Å²) in [5.41, 5.74) is 1.28. The molecule has 27 heavy (non-hydrogen) atoms. The normalized spacial score (nSPS) is 22.4. The maximum Gasteiger partial charge on any atom is 0.408 e. The number of rotatable bonds is 5. The van der Waals surface area contributed by atoms with Gasteiger partial charge in [-0.2, -0.15) is 13.2 Å². The average Bonchev–Trinajstić information content (AvgIpc) is 2.54. The van der Waals surface area contributed by atoms with Crippen LogP contribution >= 0.6 is 0 Å². The predicted octanol–water partition coefficient (Wildman–Crippen LogP) is 4.12. The SMILES string of the molecule is C=C1C=C(C)N=C(/C(=C\C=C/C)C(NC2NC=C(F)C=C2C)C(F)(F)F)N1. The Morgan fingerprint density at radius 3 is 2.59 bits per heavy atom. The van der Waals surface area contributed by atoms with E-state index < -0.39 is 24.2 Å². The van der Waals surface area contributed by atoms with E-state index in [1.165, 1.54) is 18.2 Å². The average molecular weight is 382 g/mol. The summed E-state index contributed by atoms with van der Waals surface area (Å²) in [5.74, 6) is -0.485. The molecule has 0 radical (unpaired) electrons. The molecular weight excluding hydrogens is 360 g/mol. The highest BCUT2D eigenvalue weighted by atomic mass is 19.4. The molecule has 0 saturated heterocycles. The molecule has 0 aromatic carbocycles. The number of amidine groups is 1. The summed E-state index contributed by atoms with van der Waals surface area (Å²) in [7, 11) is 0. The van der Waals surface area contributed by atoms with Crippen LogP contribution in [0.15, 0.2) is 76.5 Å². The lowest BCUT2D eigenvalue weighted by atomic mass is 10.0. The Kier molecular flexibility index (Phi) is 6.43. The van der Waals surface area contributed by atoms with Crippen molar-refractivity contribution in [2.75, 3.05) is 0 Å². The molecule has 0 fully saturated rings. The number of aliphatic imine (C=N–C) groups is 1. The minimum absolute atomic E-state index is 0.0621. The van der Waals surface area contributed by atoms with E-state index in [1.807, 2.05) is 0 Å². The van der Waals surface area contributed by atoms with Crippen molar-refractivity contribution in [1.82, 2.24) is 16.0 Å². The summed E-state index contributed by atoms with van der Waals surface area (Å²) in [4.78, 5) is 4.20. The fraction of sp³-hybridized carbons (Fsp3) is 0.316. The molecule has 8 heteroatoms. The number of hydrogen-bond acceptors (Lipinski definition) is 4. The number of alkyl halides is 3. The summed E-state index contributed by atoms with van der Waals surface area (Å²) < 4.78 is 55.1. The second-order valence-electron chi connectivity index (χ2n) is 6.20. The van der Waals surface area contributed by atoms with E-state index in [9.17, 15) is 17.6 Å². The van der Waals surface area contributed by atoms with Crippen molar-refractivity contribution in [3.8, 4) is 0 Å². The Morgan fingerprint density at radius 1 is 1.33 bits per heavy atom. The lowest BCUT2D eigenvalue weighted by molar-refractivity contribution is -0.147. The van der Waals surface area contributed by atoms with Crippen molar-refractivity contribution in [3.05, 3.63) is 71.5 Å². The first-order valence-electron chi connectivity index (χ1n) is 8.30. The first-order chi connectivity index (χ1) is 12.6. The largest absolute Gasteiger partial charge is 0.408 e. The molecule has 2 unspecified atom stereocenters.